The lowest BCUT2D eigenvalue weighted by Gasteiger charge is -2.59. The van der Waals surface area contributed by atoms with Crippen LogP contribution in [-0.4, -0.2) is 66.7 Å². The molecule has 0 aromatic carbocycles. The lowest BCUT2D eigenvalue weighted by molar-refractivity contribution is -0.00974. The standard InChI is InChI=1S/C23H20N8O2/c1-28-9-18(8-26-28)16-4-19(21-17(5-24)7-27-31(21)10-16)15-2-3-20(25-6-15)29-11-23(12-29)13-30(14-23)22(32)33/h2-4,6-10H,11-14H2,1H3,(H,32,33). The molecule has 1 amide bonds. The van der Waals surface area contributed by atoms with Crippen LogP contribution in [0.3, 0.4) is 0 Å². The number of amides is 1. The Morgan fingerprint density at radius 1 is 1.06 bits per heavy atom. The minimum atomic E-state index is -0.849. The van der Waals surface area contributed by atoms with E-state index in [2.05, 4.69) is 26.2 Å². The average molecular weight is 440 g/mol. The third-order valence-electron chi connectivity index (χ3n) is 6.53. The smallest absolute Gasteiger partial charge is 0.407 e. The zero-order valence-electron chi connectivity index (χ0n) is 17.9. The zero-order valence-corrected chi connectivity index (χ0v) is 17.9. The Morgan fingerprint density at radius 2 is 1.88 bits per heavy atom. The molecule has 2 fully saturated rings. The van der Waals surface area contributed by atoms with Crippen LogP contribution in [0.4, 0.5) is 10.6 Å². The summed E-state index contributed by atoms with van der Waals surface area (Å²) in [5.41, 5.74) is 4.99. The molecule has 33 heavy (non-hydrogen) atoms. The van der Waals surface area contributed by atoms with E-state index < -0.39 is 6.09 Å². The maximum Gasteiger partial charge on any atom is 0.407 e. The van der Waals surface area contributed by atoms with Crippen molar-refractivity contribution in [3.8, 4) is 28.3 Å². The summed E-state index contributed by atoms with van der Waals surface area (Å²) >= 11 is 0. The van der Waals surface area contributed by atoms with Crippen molar-refractivity contribution >= 4 is 17.4 Å². The van der Waals surface area contributed by atoms with Crippen LogP contribution in [0.15, 0.2) is 49.2 Å². The quantitative estimate of drug-likeness (QED) is 0.520. The van der Waals surface area contributed by atoms with Crippen molar-refractivity contribution < 1.29 is 9.90 Å². The summed E-state index contributed by atoms with van der Waals surface area (Å²) in [6.45, 7) is 2.80. The minimum absolute atomic E-state index is 0.0717. The number of carbonyl (C=O) groups is 1. The van der Waals surface area contributed by atoms with Gasteiger partial charge in [0.05, 0.1) is 23.5 Å². The second kappa shape index (κ2) is 6.80. The van der Waals surface area contributed by atoms with Gasteiger partial charge in [-0.3, -0.25) is 4.68 Å². The third kappa shape index (κ3) is 3.01. The second-order valence-corrected chi connectivity index (χ2v) is 8.91. The highest BCUT2D eigenvalue weighted by Crippen LogP contribution is 2.41. The average Bonchev–Trinajstić information content (AvgIpc) is 3.37. The molecule has 6 rings (SSSR count). The molecule has 4 aromatic rings. The molecule has 164 valence electrons. The fraction of sp³-hybridized carbons (Fsp3) is 0.261. The highest BCUT2D eigenvalue weighted by Gasteiger charge is 2.53. The van der Waals surface area contributed by atoms with E-state index in [0.717, 1.165) is 46.7 Å². The lowest BCUT2D eigenvalue weighted by Crippen LogP contribution is -2.73. The summed E-state index contributed by atoms with van der Waals surface area (Å²) < 4.78 is 3.48. The van der Waals surface area contributed by atoms with Gasteiger partial charge in [-0.15, -0.1) is 0 Å². The van der Waals surface area contributed by atoms with Crippen molar-refractivity contribution in [2.24, 2.45) is 12.5 Å². The number of nitriles is 1. The summed E-state index contributed by atoms with van der Waals surface area (Å²) in [4.78, 5) is 19.3. The number of aryl methyl sites for hydroxylation is 1. The maximum absolute atomic E-state index is 11.0. The topological polar surface area (TPSA) is 116 Å². The van der Waals surface area contributed by atoms with Gasteiger partial charge in [-0.25, -0.2) is 14.3 Å². The van der Waals surface area contributed by atoms with E-state index in [1.165, 1.54) is 4.90 Å². The number of carboxylic acid groups (broad SMARTS) is 1. The van der Waals surface area contributed by atoms with Crippen LogP contribution in [0.5, 0.6) is 0 Å². The van der Waals surface area contributed by atoms with Crippen molar-refractivity contribution in [3.63, 3.8) is 0 Å². The first-order valence-corrected chi connectivity index (χ1v) is 10.5. The Bertz CT molecular complexity index is 1430. The molecule has 1 N–H and O–H groups in total. The molecule has 1 spiro atoms. The van der Waals surface area contributed by atoms with Gasteiger partial charge in [-0.2, -0.15) is 15.5 Å². The second-order valence-electron chi connectivity index (χ2n) is 8.91. The SMILES string of the molecule is Cn1cc(-c2cc(-c3ccc(N4CC5(CN(C(=O)O)C5)C4)nc3)c3c(C#N)cnn3c2)cn1. The fourth-order valence-electron chi connectivity index (χ4n) is 4.91. The molecule has 0 aliphatic carbocycles. The van der Waals surface area contributed by atoms with Gasteiger partial charge in [0.1, 0.15) is 11.9 Å². The predicted molar refractivity (Wildman–Crippen MR) is 120 cm³/mol. The van der Waals surface area contributed by atoms with E-state index in [1.807, 2.05) is 43.8 Å². The maximum atomic E-state index is 11.0. The first-order valence-electron chi connectivity index (χ1n) is 10.5. The summed E-state index contributed by atoms with van der Waals surface area (Å²) in [7, 11) is 1.87. The van der Waals surface area contributed by atoms with Crippen LogP contribution in [0, 0.1) is 16.7 Å². The van der Waals surface area contributed by atoms with Gasteiger partial charge in [0.2, 0.25) is 0 Å². The zero-order chi connectivity index (χ0) is 22.7. The van der Waals surface area contributed by atoms with E-state index in [9.17, 15) is 10.1 Å². The highest BCUT2D eigenvalue weighted by atomic mass is 16.4. The van der Waals surface area contributed by atoms with Crippen LogP contribution < -0.4 is 4.90 Å². The summed E-state index contributed by atoms with van der Waals surface area (Å²) in [6.07, 6.45) is 8.18. The molecule has 10 heteroatoms. The third-order valence-corrected chi connectivity index (χ3v) is 6.53. The molecule has 0 saturated carbocycles. The van der Waals surface area contributed by atoms with Crippen molar-refractivity contribution in [2.75, 3.05) is 31.1 Å². The number of anilines is 1. The van der Waals surface area contributed by atoms with E-state index in [-0.39, 0.29) is 5.41 Å². The Hall–Kier alpha value is -4.39. The fourth-order valence-corrected chi connectivity index (χ4v) is 4.91. The van der Waals surface area contributed by atoms with Gasteiger partial charge in [0, 0.05) is 79.5 Å². The van der Waals surface area contributed by atoms with E-state index >= 15 is 0 Å². The monoisotopic (exact) mass is 440 g/mol. The Balaban J connectivity index is 1.31. The van der Waals surface area contributed by atoms with E-state index in [4.69, 9.17) is 5.11 Å². The Morgan fingerprint density at radius 3 is 2.52 bits per heavy atom. The van der Waals surface area contributed by atoms with Crippen molar-refractivity contribution in [1.82, 2.24) is 29.3 Å². The number of likely N-dealkylation sites (tertiary alicyclic amines) is 1. The van der Waals surface area contributed by atoms with Gasteiger partial charge in [-0.05, 0) is 18.2 Å². The van der Waals surface area contributed by atoms with Gasteiger partial charge >= 0.3 is 6.09 Å². The van der Waals surface area contributed by atoms with E-state index in [0.29, 0.717) is 18.7 Å². The van der Waals surface area contributed by atoms with Gasteiger partial charge < -0.3 is 14.9 Å². The molecule has 0 atom stereocenters. The van der Waals surface area contributed by atoms with Crippen LogP contribution in [0.1, 0.15) is 5.56 Å². The highest BCUT2D eigenvalue weighted by molar-refractivity contribution is 5.87. The Labute approximate surface area is 188 Å². The minimum Gasteiger partial charge on any atom is -0.465 e. The number of pyridine rings is 2. The van der Waals surface area contributed by atoms with Crippen molar-refractivity contribution in [1.29, 1.82) is 5.26 Å². The van der Waals surface area contributed by atoms with Crippen LogP contribution in [-0.2, 0) is 7.05 Å². The van der Waals surface area contributed by atoms with Gasteiger partial charge in [0.25, 0.3) is 0 Å². The molecule has 2 aliphatic rings. The molecule has 10 nitrogen and oxygen atoms in total. The molecule has 4 aromatic heterocycles. The van der Waals surface area contributed by atoms with Crippen molar-refractivity contribution in [2.45, 2.75) is 0 Å². The normalized spacial score (nSPS) is 16.5. The Kier molecular flexibility index (Phi) is 3.98. The number of hydrogen-bond acceptors (Lipinski definition) is 6. The van der Waals surface area contributed by atoms with Crippen molar-refractivity contribution in [3.05, 3.63) is 54.7 Å². The summed E-state index contributed by atoms with van der Waals surface area (Å²) in [5, 5.41) is 27.3. The molecule has 0 radical (unpaired) electrons. The molecule has 6 heterocycles. The molecule has 0 bridgehead atoms. The van der Waals surface area contributed by atoms with Crippen LogP contribution in [0.25, 0.3) is 27.8 Å². The molecule has 2 aliphatic heterocycles. The molecular weight excluding hydrogens is 420 g/mol. The number of aromatic nitrogens is 5. The summed E-state index contributed by atoms with van der Waals surface area (Å²) in [5.74, 6) is 0.867. The van der Waals surface area contributed by atoms with Gasteiger partial charge in [-0.1, -0.05) is 0 Å². The van der Waals surface area contributed by atoms with Crippen LogP contribution in [0.2, 0.25) is 0 Å². The predicted octanol–water partition coefficient (Wildman–Crippen LogP) is 2.47. The van der Waals surface area contributed by atoms with Crippen LogP contribution >= 0.6 is 0 Å². The number of rotatable bonds is 3. The first kappa shape index (κ1) is 19.3. The number of fused-ring (bicyclic) bond motifs is 1. The van der Waals surface area contributed by atoms with E-state index in [1.54, 1.807) is 21.6 Å². The lowest BCUT2D eigenvalue weighted by atomic mass is 9.73. The number of nitrogens with zero attached hydrogens (tertiary/aromatic N) is 8. The largest absolute Gasteiger partial charge is 0.465 e. The first-order chi connectivity index (χ1) is 15.9. The number of hydrogen-bond donors (Lipinski definition) is 1. The molecular formula is C23H20N8O2. The summed E-state index contributed by atoms with van der Waals surface area (Å²) in [6, 6.07) is 8.26. The molecule has 2 saturated heterocycles. The van der Waals surface area contributed by atoms with Gasteiger partial charge in [0.15, 0.2) is 0 Å². The molecule has 0 unspecified atom stereocenters.